The van der Waals surface area contributed by atoms with Crippen LogP contribution in [-0.2, 0) is 29.8 Å². The number of ether oxygens (including phenoxy) is 1. The Balaban J connectivity index is 0.00000420. The molecule has 0 aliphatic rings. The summed E-state index contributed by atoms with van der Waals surface area (Å²) in [4.78, 5) is 9.03. The first-order valence-corrected chi connectivity index (χ1v) is 9.94. The van der Waals surface area contributed by atoms with E-state index in [9.17, 15) is 0 Å². The van der Waals surface area contributed by atoms with Gasteiger partial charge in [0.05, 0.1) is 32.0 Å². The van der Waals surface area contributed by atoms with Crippen molar-refractivity contribution in [1.82, 2.24) is 15.6 Å². The first-order valence-electron chi connectivity index (χ1n) is 9.94. The van der Waals surface area contributed by atoms with Gasteiger partial charge in [0.1, 0.15) is 5.76 Å². The van der Waals surface area contributed by atoms with E-state index in [0.29, 0.717) is 25.6 Å². The van der Waals surface area contributed by atoms with Gasteiger partial charge in [0, 0.05) is 12.0 Å². The van der Waals surface area contributed by atoms with Crippen LogP contribution in [0.3, 0.4) is 0 Å². The van der Waals surface area contributed by atoms with E-state index in [0.717, 1.165) is 29.4 Å². The molecule has 0 saturated carbocycles. The maximum Gasteiger partial charge on any atom is 0.213 e. The molecule has 6 nitrogen and oxygen atoms in total. The van der Waals surface area contributed by atoms with Gasteiger partial charge in [-0.2, -0.15) is 0 Å². The highest BCUT2D eigenvalue weighted by molar-refractivity contribution is 14.0. The monoisotopic (exact) mass is 514 g/mol. The summed E-state index contributed by atoms with van der Waals surface area (Å²) in [5.41, 5.74) is 2.26. The number of oxazole rings is 1. The third-order valence-corrected chi connectivity index (χ3v) is 4.04. The van der Waals surface area contributed by atoms with Gasteiger partial charge in [0.2, 0.25) is 5.89 Å². The zero-order valence-electron chi connectivity index (χ0n) is 18.4. The van der Waals surface area contributed by atoms with Crippen LogP contribution in [0.25, 0.3) is 0 Å². The van der Waals surface area contributed by atoms with Crippen molar-refractivity contribution >= 4 is 29.9 Å². The van der Waals surface area contributed by atoms with Crippen molar-refractivity contribution in [3.8, 4) is 0 Å². The number of hydrogen-bond acceptors (Lipinski definition) is 4. The number of guanidine groups is 1. The Morgan fingerprint density at radius 3 is 2.55 bits per heavy atom. The van der Waals surface area contributed by atoms with Gasteiger partial charge in [-0.15, -0.1) is 24.0 Å². The number of halogens is 1. The van der Waals surface area contributed by atoms with E-state index in [2.05, 4.69) is 59.6 Å². The number of hydrogen-bond donors (Lipinski definition) is 2. The molecule has 0 amide bonds. The van der Waals surface area contributed by atoms with E-state index < -0.39 is 0 Å². The Hall–Kier alpha value is -1.61. The van der Waals surface area contributed by atoms with Gasteiger partial charge < -0.3 is 19.8 Å². The zero-order valence-corrected chi connectivity index (χ0v) is 20.7. The molecule has 1 heterocycles. The molecule has 162 valence electrons. The molecule has 0 spiro atoms. The van der Waals surface area contributed by atoms with E-state index in [4.69, 9.17) is 9.15 Å². The molecule has 0 unspecified atom stereocenters. The quantitative estimate of drug-likeness (QED) is 0.302. The van der Waals surface area contributed by atoms with Crippen molar-refractivity contribution in [2.45, 2.75) is 72.8 Å². The van der Waals surface area contributed by atoms with Crippen molar-refractivity contribution in [2.75, 3.05) is 6.54 Å². The Kier molecular flexibility index (Phi) is 10.7. The van der Waals surface area contributed by atoms with Gasteiger partial charge in [0.25, 0.3) is 0 Å². The third kappa shape index (κ3) is 9.16. The lowest BCUT2D eigenvalue weighted by atomic mass is 9.94. The van der Waals surface area contributed by atoms with Crippen LogP contribution >= 0.6 is 24.0 Å². The Bertz CT molecular complexity index is 766. The van der Waals surface area contributed by atoms with Crippen LogP contribution in [0.2, 0.25) is 0 Å². The van der Waals surface area contributed by atoms with Crippen LogP contribution < -0.4 is 10.6 Å². The van der Waals surface area contributed by atoms with Crippen molar-refractivity contribution in [3.63, 3.8) is 0 Å². The summed E-state index contributed by atoms with van der Waals surface area (Å²) in [5, 5.41) is 6.54. The molecular weight excluding hydrogens is 479 g/mol. The predicted molar refractivity (Wildman–Crippen MR) is 129 cm³/mol. The second-order valence-corrected chi connectivity index (χ2v) is 8.10. The van der Waals surface area contributed by atoms with E-state index >= 15 is 0 Å². The maximum atomic E-state index is 5.83. The lowest BCUT2D eigenvalue weighted by molar-refractivity contribution is 0.0657. The molecule has 7 heteroatoms. The SMILES string of the molecule is CCNC(=NCc1cccc(COC(C)C)c1)NCc1ncc(C(C)(C)C)o1.I. The second kappa shape index (κ2) is 12.2. The minimum absolute atomic E-state index is 0. The molecule has 1 aromatic heterocycles. The topological polar surface area (TPSA) is 71.7 Å². The van der Waals surface area contributed by atoms with E-state index in [1.165, 1.54) is 0 Å². The molecule has 0 atom stereocenters. The van der Waals surface area contributed by atoms with E-state index in [-0.39, 0.29) is 35.5 Å². The first-order chi connectivity index (χ1) is 13.3. The molecule has 2 aromatic rings. The molecule has 0 saturated heterocycles. The lowest BCUT2D eigenvalue weighted by Crippen LogP contribution is -2.36. The Morgan fingerprint density at radius 1 is 1.21 bits per heavy atom. The molecule has 1 aromatic carbocycles. The minimum Gasteiger partial charge on any atom is -0.443 e. The van der Waals surface area contributed by atoms with E-state index in [1.54, 1.807) is 6.20 Å². The molecule has 0 aliphatic heterocycles. The smallest absolute Gasteiger partial charge is 0.213 e. The van der Waals surface area contributed by atoms with Gasteiger partial charge in [-0.25, -0.2) is 9.98 Å². The summed E-state index contributed by atoms with van der Waals surface area (Å²) in [6, 6.07) is 8.34. The number of nitrogens with one attached hydrogen (secondary N) is 2. The van der Waals surface area contributed by atoms with Gasteiger partial charge in [0.15, 0.2) is 5.96 Å². The van der Waals surface area contributed by atoms with Crippen LogP contribution in [0.4, 0.5) is 0 Å². The fraction of sp³-hybridized carbons (Fsp3) is 0.545. The number of aliphatic imine (C=N–C) groups is 1. The predicted octanol–water partition coefficient (Wildman–Crippen LogP) is 4.77. The number of aromatic nitrogens is 1. The van der Waals surface area contributed by atoms with E-state index in [1.807, 2.05) is 26.8 Å². The standard InChI is InChI=1S/C22H34N4O2.HI/c1-7-23-21(26-14-20-24-13-19(28-20)22(4,5)6)25-12-17-9-8-10-18(11-17)15-27-16(2)3;/h8-11,13,16H,7,12,14-15H2,1-6H3,(H2,23,25,26);1H. The van der Waals surface area contributed by atoms with Crippen LogP contribution in [0.5, 0.6) is 0 Å². The molecule has 0 radical (unpaired) electrons. The summed E-state index contributed by atoms with van der Waals surface area (Å²) in [6.45, 7) is 14.9. The molecule has 0 bridgehead atoms. The fourth-order valence-electron chi connectivity index (χ4n) is 2.49. The van der Waals surface area contributed by atoms with Gasteiger partial charge >= 0.3 is 0 Å². The number of nitrogens with zero attached hydrogens (tertiary/aromatic N) is 2. The van der Waals surface area contributed by atoms with Crippen molar-refractivity contribution < 1.29 is 9.15 Å². The van der Waals surface area contributed by atoms with Crippen molar-refractivity contribution in [1.29, 1.82) is 0 Å². The van der Waals surface area contributed by atoms with Crippen LogP contribution in [0.1, 0.15) is 64.3 Å². The first kappa shape index (κ1) is 25.4. The Labute approximate surface area is 191 Å². The fourth-order valence-corrected chi connectivity index (χ4v) is 2.49. The molecular formula is C22H35IN4O2. The van der Waals surface area contributed by atoms with Crippen molar-refractivity contribution in [2.24, 2.45) is 4.99 Å². The minimum atomic E-state index is -0.0475. The van der Waals surface area contributed by atoms with Gasteiger partial charge in [-0.3, -0.25) is 0 Å². The average Bonchev–Trinajstić information content (AvgIpc) is 3.12. The molecule has 2 N–H and O–H groups in total. The lowest BCUT2D eigenvalue weighted by Gasteiger charge is -2.13. The highest BCUT2D eigenvalue weighted by Gasteiger charge is 2.19. The summed E-state index contributed by atoms with van der Waals surface area (Å²) in [7, 11) is 0. The summed E-state index contributed by atoms with van der Waals surface area (Å²) < 4.78 is 11.5. The number of benzene rings is 1. The summed E-state index contributed by atoms with van der Waals surface area (Å²) in [6.07, 6.45) is 2.02. The maximum absolute atomic E-state index is 5.83. The van der Waals surface area contributed by atoms with Crippen LogP contribution in [0.15, 0.2) is 39.9 Å². The largest absolute Gasteiger partial charge is 0.443 e. The average molecular weight is 514 g/mol. The molecule has 2 rings (SSSR count). The van der Waals surface area contributed by atoms with Gasteiger partial charge in [-0.1, -0.05) is 45.0 Å². The highest BCUT2D eigenvalue weighted by Crippen LogP contribution is 2.22. The summed E-state index contributed by atoms with van der Waals surface area (Å²) >= 11 is 0. The van der Waals surface area contributed by atoms with Crippen LogP contribution in [0, 0.1) is 0 Å². The molecule has 0 aliphatic carbocycles. The van der Waals surface area contributed by atoms with Crippen LogP contribution in [-0.4, -0.2) is 23.6 Å². The normalized spacial score (nSPS) is 12.0. The highest BCUT2D eigenvalue weighted by atomic mass is 127. The Morgan fingerprint density at radius 2 is 1.93 bits per heavy atom. The van der Waals surface area contributed by atoms with Crippen molar-refractivity contribution in [3.05, 3.63) is 53.2 Å². The van der Waals surface area contributed by atoms with Gasteiger partial charge in [-0.05, 0) is 31.9 Å². The number of rotatable bonds is 8. The zero-order chi connectivity index (χ0) is 20.6. The molecule has 0 fully saturated rings. The third-order valence-electron chi connectivity index (χ3n) is 4.04. The second-order valence-electron chi connectivity index (χ2n) is 8.10. The summed E-state index contributed by atoms with van der Waals surface area (Å²) in [5.74, 6) is 2.27. The molecule has 29 heavy (non-hydrogen) atoms.